The van der Waals surface area contributed by atoms with Crippen LogP contribution in [-0.2, 0) is 14.8 Å². The highest BCUT2D eigenvalue weighted by Gasteiger charge is 2.42. The standard InChI is InChI=1S/C21H30N2O4S/c1-14-3-6-18(28(25,26)23-7-9-27-10-8-23)13-19(14)21(24)22-15(2)20-12-16-4-5-17(20)11-16/h3,6,13,15-17,20H,4-5,7-12H2,1-2H3,(H,22,24)/t15-,16+,17+,20-/m1/s1. The van der Waals surface area contributed by atoms with Gasteiger partial charge in [-0.25, -0.2) is 8.42 Å². The molecule has 3 fully saturated rings. The summed E-state index contributed by atoms with van der Waals surface area (Å²) >= 11 is 0. The van der Waals surface area contributed by atoms with E-state index < -0.39 is 10.0 Å². The van der Waals surface area contributed by atoms with Crippen LogP contribution in [0.15, 0.2) is 23.1 Å². The first-order chi connectivity index (χ1) is 13.4. The van der Waals surface area contributed by atoms with Gasteiger partial charge in [-0.05, 0) is 68.6 Å². The maximum atomic E-state index is 13.0. The number of amides is 1. The molecule has 7 heteroatoms. The van der Waals surface area contributed by atoms with Crippen molar-refractivity contribution in [2.24, 2.45) is 17.8 Å². The number of hydrogen-bond acceptors (Lipinski definition) is 4. The molecule has 0 radical (unpaired) electrons. The number of nitrogens with one attached hydrogen (secondary N) is 1. The van der Waals surface area contributed by atoms with Gasteiger partial charge in [0, 0.05) is 24.7 Å². The molecule has 1 saturated heterocycles. The Morgan fingerprint density at radius 2 is 1.96 bits per heavy atom. The van der Waals surface area contributed by atoms with E-state index in [2.05, 4.69) is 12.2 Å². The van der Waals surface area contributed by atoms with E-state index in [9.17, 15) is 13.2 Å². The van der Waals surface area contributed by atoms with Crippen LogP contribution < -0.4 is 5.32 Å². The average Bonchev–Trinajstić information content (AvgIpc) is 3.32. The maximum absolute atomic E-state index is 13.0. The highest BCUT2D eigenvalue weighted by Crippen LogP contribution is 2.49. The predicted octanol–water partition coefficient (Wildman–Crippen LogP) is 2.57. The van der Waals surface area contributed by atoms with Crippen LogP contribution in [0.4, 0.5) is 0 Å². The van der Waals surface area contributed by atoms with E-state index in [0.29, 0.717) is 37.8 Å². The van der Waals surface area contributed by atoms with Crippen molar-refractivity contribution in [1.29, 1.82) is 0 Å². The summed E-state index contributed by atoms with van der Waals surface area (Å²) in [5.41, 5.74) is 1.24. The molecule has 1 amide bonds. The number of sulfonamides is 1. The Morgan fingerprint density at radius 1 is 1.21 bits per heavy atom. The van der Waals surface area contributed by atoms with Crippen LogP contribution in [0.25, 0.3) is 0 Å². The Balaban J connectivity index is 1.51. The normalized spacial score (nSPS) is 29.0. The maximum Gasteiger partial charge on any atom is 0.251 e. The van der Waals surface area contributed by atoms with E-state index >= 15 is 0 Å². The summed E-state index contributed by atoms with van der Waals surface area (Å²) in [6, 6.07) is 4.96. The second kappa shape index (κ2) is 7.76. The summed E-state index contributed by atoms with van der Waals surface area (Å²) < 4.78 is 32.5. The second-order valence-corrected chi connectivity index (χ2v) is 10.5. The first-order valence-electron chi connectivity index (χ1n) is 10.4. The van der Waals surface area contributed by atoms with Crippen LogP contribution in [0.1, 0.15) is 48.5 Å². The highest BCUT2D eigenvalue weighted by molar-refractivity contribution is 7.89. The lowest BCUT2D eigenvalue weighted by Gasteiger charge is -2.29. The number of fused-ring (bicyclic) bond motifs is 2. The molecule has 2 bridgehead atoms. The van der Waals surface area contributed by atoms with Crippen molar-refractivity contribution in [1.82, 2.24) is 9.62 Å². The molecule has 1 aromatic carbocycles. The molecule has 154 valence electrons. The van der Waals surface area contributed by atoms with Gasteiger partial charge in [-0.2, -0.15) is 4.31 Å². The summed E-state index contributed by atoms with van der Waals surface area (Å²) in [4.78, 5) is 13.1. The smallest absolute Gasteiger partial charge is 0.251 e. The van der Waals surface area contributed by atoms with Gasteiger partial charge in [0.2, 0.25) is 10.0 Å². The molecule has 4 atom stereocenters. The van der Waals surface area contributed by atoms with Crippen LogP contribution >= 0.6 is 0 Å². The third-order valence-electron chi connectivity index (χ3n) is 6.86. The topological polar surface area (TPSA) is 75.7 Å². The molecule has 2 aliphatic carbocycles. The van der Waals surface area contributed by atoms with Gasteiger partial charge in [-0.15, -0.1) is 0 Å². The summed E-state index contributed by atoms with van der Waals surface area (Å²) in [5, 5.41) is 3.15. The van der Waals surface area contributed by atoms with Gasteiger partial charge in [0.25, 0.3) is 5.91 Å². The van der Waals surface area contributed by atoms with Crippen LogP contribution in [-0.4, -0.2) is 51.0 Å². The zero-order valence-electron chi connectivity index (χ0n) is 16.7. The highest BCUT2D eigenvalue weighted by atomic mass is 32.2. The van der Waals surface area contributed by atoms with Crippen LogP contribution in [0.2, 0.25) is 0 Å². The molecule has 28 heavy (non-hydrogen) atoms. The number of carbonyl (C=O) groups is 1. The number of aryl methyl sites for hydroxylation is 1. The van der Waals surface area contributed by atoms with E-state index in [-0.39, 0.29) is 16.8 Å². The number of benzene rings is 1. The SMILES string of the molecule is Cc1ccc(S(=O)(=O)N2CCOCC2)cc1C(=O)N[C@H](C)[C@H]1C[C@H]2CC[C@H]1C2. The van der Waals surface area contributed by atoms with Gasteiger partial charge in [0.05, 0.1) is 18.1 Å². The molecule has 4 rings (SSSR count). The zero-order valence-corrected chi connectivity index (χ0v) is 17.5. The summed E-state index contributed by atoms with van der Waals surface area (Å²) in [6.07, 6.45) is 5.12. The number of ether oxygens (including phenoxy) is 1. The first-order valence-corrected chi connectivity index (χ1v) is 11.8. The molecule has 3 aliphatic rings. The van der Waals surface area contributed by atoms with Crippen molar-refractivity contribution in [3.63, 3.8) is 0 Å². The minimum atomic E-state index is -3.61. The molecular formula is C21H30N2O4S. The van der Waals surface area contributed by atoms with Crippen molar-refractivity contribution in [2.45, 2.75) is 50.5 Å². The van der Waals surface area contributed by atoms with Crippen LogP contribution in [0.3, 0.4) is 0 Å². The lowest BCUT2D eigenvalue weighted by atomic mass is 9.84. The predicted molar refractivity (Wildman–Crippen MR) is 107 cm³/mol. The minimum absolute atomic E-state index is 0.113. The van der Waals surface area contributed by atoms with Gasteiger partial charge < -0.3 is 10.1 Å². The van der Waals surface area contributed by atoms with Crippen LogP contribution in [0, 0.1) is 24.7 Å². The summed E-state index contributed by atoms with van der Waals surface area (Å²) in [5.74, 6) is 1.93. The van der Waals surface area contributed by atoms with Crippen molar-refractivity contribution in [3.8, 4) is 0 Å². The number of morpholine rings is 1. The first kappa shape index (κ1) is 19.9. The largest absolute Gasteiger partial charge is 0.379 e. The van der Waals surface area contributed by atoms with Gasteiger partial charge in [0.15, 0.2) is 0 Å². The molecule has 1 aliphatic heterocycles. The lowest BCUT2D eigenvalue weighted by molar-refractivity contribution is 0.0730. The van der Waals surface area contributed by atoms with E-state index in [1.54, 1.807) is 12.1 Å². The van der Waals surface area contributed by atoms with Gasteiger partial charge in [-0.1, -0.05) is 12.5 Å². The Kier molecular flexibility index (Phi) is 5.51. The number of nitrogens with zero attached hydrogens (tertiary/aromatic N) is 1. The zero-order chi connectivity index (χ0) is 19.9. The fourth-order valence-electron chi connectivity index (χ4n) is 5.24. The van der Waals surface area contributed by atoms with E-state index in [1.165, 1.54) is 36.1 Å². The lowest BCUT2D eigenvalue weighted by Crippen LogP contribution is -2.41. The molecule has 0 aromatic heterocycles. The Labute approximate surface area is 167 Å². The fourth-order valence-corrected chi connectivity index (χ4v) is 6.67. The van der Waals surface area contributed by atoms with E-state index in [0.717, 1.165) is 17.4 Å². The Bertz CT molecular complexity index is 848. The van der Waals surface area contributed by atoms with Crippen molar-refractivity contribution in [3.05, 3.63) is 29.3 Å². The van der Waals surface area contributed by atoms with Crippen molar-refractivity contribution < 1.29 is 17.9 Å². The molecule has 0 spiro atoms. The van der Waals surface area contributed by atoms with Crippen molar-refractivity contribution in [2.75, 3.05) is 26.3 Å². The third kappa shape index (κ3) is 3.72. The summed E-state index contributed by atoms with van der Waals surface area (Å²) in [7, 11) is -3.61. The van der Waals surface area contributed by atoms with Gasteiger partial charge >= 0.3 is 0 Å². The third-order valence-corrected chi connectivity index (χ3v) is 8.75. The Hall–Kier alpha value is -1.44. The molecule has 2 saturated carbocycles. The number of hydrogen-bond donors (Lipinski definition) is 1. The molecular weight excluding hydrogens is 376 g/mol. The Morgan fingerprint density at radius 3 is 2.61 bits per heavy atom. The minimum Gasteiger partial charge on any atom is -0.379 e. The van der Waals surface area contributed by atoms with E-state index in [4.69, 9.17) is 4.74 Å². The van der Waals surface area contributed by atoms with Gasteiger partial charge in [-0.3, -0.25) is 4.79 Å². The van der Waals surface area contributed by atoms with Crippen molar-refractivity contribution >= 4 is 15.9 Å². The molecule has 0 unspecified atom stereocenters. The quantitative estimate of drug-likeness (QED) is 0.815. The molecule has 6 nitrogen and oxygen atoms in total. The monoisotopic (exact) mass is 406 g/mol. The fraction of sp³-hybridized carbons (Fsp3) is 0.667. The summed E-state index contributed by atoms with van der Waals surface area (Å²) in [6.45, 7) is 5.44. The average molecular weight is 407 g/mol. The number of carbonyl (C=O) groups excluding carboxylic acids is 1. The van der Waals surface area contributed by atoms with Crippen LogP contribution in [0.5, 0.6) is 0 Å². The molecule has 1 aromatic rings. The van der Waals surface area contributed by atoms with E-state index in [1.807, 2.05) is 6.92 Å². The molecule has 1 heterocycles. The van der Waals surface area contributed by atoms with Gasteiger partial charge in [0.1, 0.15) is 0 Å². The molecule has 1 N–H and O–H groups in total. The second-order valence-electron chi connectivity index (χ2n) is 8.59. The number of rotatable bonds is 5.